The third kappa shape index (κ3) is 4.60. The molecule has 2 N–H and O–H groups in total. The van der Waals surface area contributed by atoms with Gasteiger partial charge in [-0.25, -0.2) is 4.79 Å². The number of carbonyl (C=O) groups excluding carboxylic acids is 3. The van der Waals surface area contributed by atoms with Gasteiger partial charge in [-0.3, -0.25) is 14.9 Å². The molecule has 3 heterocycles. The Balaban J connectivity index is 1.32. The first-order chi connectivity index (χ1) is 14.1. The summed E-state index contributed by atoms with van der Waals surface area (Å²) in [5, 5.41) is 4.58. The highest BCUT2D eigenvalue weighted by molar-refractivity contribution is 6.05. The largest absolute Gasteiger partial charge is 0.339 e. The average molecular weight is 394 g/mol. The Morgan fingerprint density at radius 3 is 2.28 bits per heavy atom. The van der Waals surface area contributed by atoms with Gasteiger partial charge < -0.3 is 15.1 Å². The van der Waals surface area contributed by atoms with E-state index in [4.69, 9.17) is 0 Å². The second-order valence-electron chi connectivity index (χ2n) is 7.86. The van der Waals surface area contributed by atoms with Crippen molar-refractivity contribution in [2.24, 2.45) is 0 Å². The molecule has 3 fully saturated rings. The van der Waals surface area contributed by atoms with E-state index < -0.39 is 18.0 Å². The van der Waals surface area contributed by atoms with E-state index in [1.807, 2.05) is 4.90 Å². The number of likely N-dealkylation sites (tertiary alicyclic amines) is 2. The Morgan fingerprint density at radius 1 is 0.966 bits per heavy atom. The summed E-state index contributed by atoms with van der Waals surface area (Å²) in [7, 11) is 0. The molecule has 0 saturated carbocycles. The minimum atomic E-state index is -0.829. The number of urea groups is 1. The van der Waals surface area contributed by atoms with Crippen LogP contribution in [0.5, 0.6) is 0 Å². The summed E-state index contributed by atoms with van der Waals surface area (Å²) in [4.78, 5) is 40.0. The highest BCUT2D eigenvalue weighted by atomic mass is 16.2. The molecule has 1 unspecified atom stereocenters. The molecular weight excluding hydrogens is 368 g/mol. The number of rotatable bonds is 2. The molecule has 0 aromatic heterocycles. The van der Waals surface area contributed by atoms with E-state index in [-0.39, 0.29) is 5.91 Å². The molecule has 7 heteroatoms. The number of hydrogen-bond donors (Lipinski definition) is 2. The number of piperidine rings is 2. The van der Waals surface area contributed by atoms with Gasteiger partial charge in [0.05, 0.1) is 0 Å². The summed E-state index contributed by atoms with van der Waals surface area (Å²) in [5.74, 6) is 5.22. The van der Waals surface area contributed by atoms with Gasteiger partial charge in [0.2, 0.25) is 0 Å². The minimum absolute atomic E-state index is 0.0593. The lowest BCUT2D eigenvalue weighted by molar-refractivity contribution is -0.119. The zero-order chi connectivity index (χ0) is 20.2. The van der Waals surface area contributed by atoms with E-state index in [0.717, 1.165) is 25.9 Å². The van der Waals surface area contributed by atoms with E-state index in [1.54, 1.807) is 24.3 Å². The van der Waals surface area contributed by atoms with Crippen molar-refractivity contribution in [3.8, 4) is 11.8 Å². The lowest BCUT2D eigenvalue weighted by atomic mass is 9.99. The molecule has 3 saturated heterocycles. The maximum atomic E-state index is 12.8. The fourth-order valence-electron chi connectivity index (χ4n) is 4.27. The van der Waals surface area contributed by atoms with E-state index in [2.05, 4.69) is 27.4 Å². The van der Waals surface area contributed by atoms with Gasteiger partial charge in [0, 0.05) is 30.3 Å². The quantitative estimate of drug-likeness (QED) is 0.586. The fourth-order valence-corrected chi connectivity index (χ4v) is 4.27. The van der Waals surface area contributed by atoms with Crippen molar-refractivity contribution < 1.29 is 14.4 Å². The SMILES string of the molecule is O=C1NC(=O)C(C#Cc2ccc(C(=O)N3CCC(N4CCCCC4)CC3)cc2)N1. The highest BCUT2D eigenvalue weighted by Crippen LogP contribution is 2.22. The Kier molecular flexibility index (Phi) is 5.81. The second kappa shape index (κ2) is 8.66. The first-order valence-corrected chi connectivity index (χ1v) is 10.4. The normalized spacial score (nSPS) is 23.2. The smallest absolute Gasteiger partial charge is 0.322 e. The van der Waals surface area contributed by atoms with Crippen molar-refractivity contribution in [1.82, 2.24) is 20.4 Å². The van der Waals surface area contributed by atoms with Gasteiger partial charge in [0.25, 0.3) is 11.8 Å². The molecular formula is C22H26N4O3. The van der Waals surface area contributed by atoms with Crippen LogP contribution in [0.3, 0.4) is 0 Å². The minimum Gasteiger partial charge on any atom is -0.339 e. The number of hydrogen-bond acceptors (Lipinski definition) is 4. The standard InChI is InChI=1S/C22H26N4O3/c27-20-19(23-22(29)24-20)9-6-16-4-7-17(8-5-16)21(28)26-14-10-18(11-15-26)25-12-2-1-3-13-25/h4-5,7-8,18-19H,1-3,10-15H2,(H2,23,24,27,29). The zero-order valence-corrected chi connectivity index (χ0v) is 16.4. The van der Waals surface area contributed by atoms with E-state index >= 15 is 0 Å². The van der Waals surface area contributed by atoms with Crippen LogP contribution in [-0.4, -0.2) is 65.9 Å². The predicted octanol–water partition coefficient (Wildman–Crippen LogP) is 1.34. The summed E-state index contributed by atoms with van der Waals surface area (Å²) in [6.07, 6.45) is 6.03. The number of carbonyl (C=O) groups is 3. The first-order valence-electron chi connectivity index (χ1n) is 10.4. The molecule has 4 rings (SSSR count). The van der Waals surface area contributed by atoms with E-state index in [1.165, 1.54) is 32.4 Å². The molecule has 1 aromatic rings. The van der Waals surface area contributed by atoms with Gasteiger partial charge in [-0.15, -0.1) is 0 Å². The predicted molar refractivity (Wildman–Crippen MR) is 108 cm³/mol. The molecule has 0 aliphatic carbocycles. The van der Waals surface area contributed by atoms with Crippen LogP contribution in [0.15, 0.2) is 24.3 Å². The highest BCUT2D eigenvalue weighted by Gasteiger charge is 2.28. The van der Waals surface area contributed by atoms with Crippen molar-refractivity contribution in [1.29, 1.82) is 0 Å². The summed E-state index contributed by atoms with van der Waals surface area (Å²) in [5.41, 5.74) is 1.35. The fraction of sp³-hybridized carbons (Fsp3) is 0.500. The molecule has 152 valence electrons. The maximum Gasteiger partial charge on any atom is 0.322 e. The molecule has 7 nitrogen and oxygen atoms in total. The molecule has 1 atom stereocenters. The number of nitrogens with one attached hydrogen (secondary N) is 2. The van der Waals surface area contributed by atoms with Crippen molar-refractivity contribution in [3.05, 3.63) is 35.4 Å². The van der Waals surface area contributed by atoms with Crippen LogP contribution in [0.25, 0.3) is 0 Å². The second-order valence-corrected chi connectivity index (χ2v) is 7.86. The Morgan fingerprint density at radius 2 is 1.66 bits per heavy atom. The lowest BCUT2D eigenvalue weighted by Gasteiger charge is -2.40. The van der Waals surface area contributed by atoms with Gasteiger partial charge in [-0.05, 0) is 63.0 Å². The lowest BCUT2D eigenvalue weighted by Crippen LogP contribution is -2.48. The molecule has 3 aliphatic heterocycles. The molecule has 0 bridgehead atoms. The van der Waals surface area contributed by atoms with Gasteiger partial charge in [-0.2, -0.15) is 0 Å². The van der Waals surface area contributed by atoms with Crippen molar-refractivity contribution >= 4 is 17.8 Å². The molecule has 0 radical (unpaired) electrons. The molecule has 29 heavy (non-hydrogen) atoms. The molecule has 3 aliphatic rings. The van der Waals surface area contributed by atoms with Gasteiger partial charge in [-0.1, -0.05) is 18.3 Å². The number of nitrogens with zero attached hydrogens (tertiary/aromatic N) is 2. The van der Waals surface area contributed by atoms with Crippen molar-refractivity contribution in [2.75, 3.05) is 26.2 Å². The van der Waals surface area contributed by atoms with E-state index in [0.29, 0.717) is 17.2 Å². The summed E-state index contributed by atoms with van der Waals surface area (Å²) < 4.78 is 0. The van der Waals surface area contributed by atoms with Crippen LogP contribution < -0.4 is 10.6 Å². The Hall–Kier alpha value is -2.85. The molecule has 1 aromatic carbocycles. The van der Waals surface area contributed by atoms with E-state index in [9.17, 15) is 14.4 Å². The van der Waals surface area contributed by atoms with Gasteiger partial charge in [0.15, 0.2) is 6.04 Å². The van der Waals surface area contributed by atoms with Gasteiger partial charge >= 0.3 is 6.03 Å². The van der Waals surface area contributed by atoms with Crippen LogP contribution in [-0.2, 0) is 4.79 Å². The number of amides is 4. The van der Waals surface area contributed by atoms with Crippen LogP contribution in [0.2, 0.25) is 0 Å². The monoisotopic (exact) mass is 394 g/mol. The van der Waals surface area contributed by atoms with Crippen LogP contribution in [0.4, 0.5) is 4.79 Å². The third-order valence-corrected chi connectivity index (χ3v) is 5.93. The summed E-state index contributed by atoms with van der Waals surface area (Å²) in [6, 6.07) is 6.35. The first kappa shape index (κ1) is 19.5. The maximum absolute atomic E-state index is 12.8. The Labute approximate surface area is 170 Å². The zero-order valence-electron chi connectivity index (χ0n) is 16.4. The van der Waals surface area contributed by atoms with Crippen LogP contribution >= 0.6 is 0 Å². The summed E-state index contributed by atoms with van der Waals surface area (Å²) >= 11 is 0. The summed E-state index contributed by atoms with van der Waals surface area (Å²) in [6.45, 7) is 4.01. The van der Waals surface area contributed by atoms with Gasteiger partial charge in [0.1, 0.15) is 0 Å². The molecule has 4 amide bonds. The van der Waals surface area contributed by atoms with Crippen LogP contribution in [0, 0.1) is 11.8 Å². The Bertz CT molecular complexity index is 841. The third-order valence-electron chi connectivity index (χ3n) is 5.93. The molecule has 0 spiro atoms. The number of imide groups is 1. The topological polar surface area (TPSA) is 81.8 Å². The van der Waals surface area contributed by atoms with Crippen molar-refractivity contribution in [3.63, 3.8) is 0 Å². The average Bonchev–Trinajstić information content (AvgIpc) is 3.10. The van der Waals surface area contributed by atoms with Crippen molar-refractivity contribution in [2.45, 2.75) is 44.2 Å². The van der Waals surface area contributed by atoms with Crippen LogP contribution in [0.1, 0.15) is 48.0 Å². The number of benzene rings is 1.